The predicted octanol–water partition coefficient (Wildman–Crippen LogP) is -0.752. The second kappa shape index (κ2) is 5.79. The van der Waals surface area contributed by atoms with Crippen LogP contribution in [0.3, 0.4) is 0 Å². The van der Waals surface area contributed by atoms with E-state index in [4.69, 9.17) is 4.55 Å². The molecule has 0 radical (unpaired) electrons. The number of fused-ring (bicyclic) bond motifs is 4. The number of nitrogens with one attached hydrogen (secondary N) is 2. The highest BCUT2D eigenvalue weighted by molar-refractivity contribution is 7.80. The van der Waals surface area contributed by atoms with Crippen molar-refractivity contribution >= 4 is 22.3 Å². The number of carbonyl (C=O) groups excluding carboxylic acids is 2. The summed E-state index contributed by atoms with van der Waals surface area (Å²) in [7, 11) is -4.78. The molecule has 5 fully saturated rings. The Morgan fingerprint density at radius 1 is 1.28 bits per heavy atom. The number of hydroxylamine groups is 2. The molecule has 2 atom stereocenters. The lowest BCUT2D eigenvalue weighted by molar-refractivity contribution is -0.129. The molecule has 0 aromatic heterocycles. The van der Waals surface area contributed by atoms with E-state index < -0.39 is 28.5 Å². The van der Waals surface area contributed by atoms with E-state index in [0.29, 0.717) is 36.3 Å². The monoisotopic (exact) mass is 374 g/mol. The van der Waals surface area contributed by atoms with Gasteiger partial charge in [0, 0.05) is 25.7 Å². The predicted molar refractivity (Wildman–Crippen MR) is 84.5 cm³/mol. The van der Waals surface area contributed by atoms with Gasteiger partial charge in [0.25, 0.3) is 0 Å². The van der Waals surface area contributed by atoms with Gasteiger partial charge in [-0.1, -0.05) is 0 Å². The Bertz CT molecular complexity index is 685. The molecule has 140 valence electrons. The van der Waals surface area contributed by atoms with Gasteiger partial charge in [0.05, 0.1) is 6.04 Å². The number of amides is 3. The van der Waals surface area contributed by atoms with Crippen LogP contribution in [-0.2, 0) is 19.5 Å². The first-order valence-electron chi connectivity index (χ1n) is 8.54. The van der Waals surface area contributed by atoms with Crippen molar-refractivity contribution < 1.29 is 26.8 Å². The Labute approximate surface area is 145 Å². The molecule has 1 aliphatic carbocycles. The summed E-state index contributed by atoms with van der Waals surface area (Å²) in [6.07, 6.45) is 3.27. The number of nitrogens with zero attached hydrogens (tertiary/aromatic N) is 2. The highest BCUT2D eigenvalue weighted by atomic mass is 32.3. The summed E-state index contributed by atoms with van der Waals surface area (Å²) in [4.78, 5) is 26.5. The average molecular weight is 374 g/mol. The number of carbonyl (C=O) groups is 2. The van der Waals surface area contributed by atoms with Crippen molar-refractivity contribution in [1.29, 1.82) is 0 Å². The largest absolute Gasteiger partial charge is 0.418 e. The van der Waals surface area contributed by atoms with Crippen LogP contribution in [-0.4, -0.2) is 72.6 Å². The van der Waals surface area contributed by atoms with Crippen molar-refractivity contribution in [3.8, 4) is 0 Å². The van der Waals surface area contributed by atoms with Crippen LogP contribution < -0.4 is 10.6 Å². The molecule has 0 aromatic rings. The van der Waals surface area contributed by atoms with Gasteiger partial charge in [-0.2, -0.15) is 13.5 Å². The molecule has 4 saturated heterocycles. The molecule has 10 nitrogen and oxygen atoms in total. The first-order valence-corrected chi connectivity index (χ1v) is 9.91. The van der Waals surface area contributed by atoms with Crippen molar-refractivity contribution in [1.82, 2.24) is 20.6 Å². The van der Waals surface area contributed by atoms with E-state index in [1.54, 1.807) is 0 Å². The third kappa shape index (κ3) is 3.09. The molecule has 1 saturated carbocycles. The summed E-state index contributed by atoms with van der Waals surface area (Å²) in [6, 6.07) is -1.66. The molecule has 11 heteroatoms. The van der Waals surface area contributed by atoms with Crippen LogP contribution in [0.5, 0.6) is 0 Å². The fourth-order valence-corrected chi connectivity index (χ4v) is 4.85. The summed E-state index contributed by atoms with van der Waals surface area (Å²) in [5, 5.41) is 6.95. The van der Waals surface area contributed by atoms with Crippen LogP contribution in [0.4, 0.5) is 4.79 Å². The SMILES string of the molecule is O=C(NC1CC2(CNC2)C1)[C@@H]1CC[C@@H]2CCN1C(=O)N2OS(=O)(=O)O. The van der Waals surface area contributed by atoms with Gasteiger partial charge in [0.2, 0.25) is 5.91 Å². The summed E-state index contributed by atoms with van der Waals surface area (Å²) in [5.41, 5.74) is 0.343. The van der Waals surface area contributed by atoms with E-state index in [2.05, 4.69) is 14.9 Å². The fraction of sp³-hybridized carbons (Fsp3) is 0.857. The van der Waals surface area contributed by atoms with Crippen molar-refractivity contribution in [2.75, 3.05) is 19.6 Å². The molecule has 3 amide bonds. The van der Waals surface area contributed by atoms with Gasteiger partial charge < -0.3 is 15.5 Å². The Kier molecular flexibility index (Phi) is 3.94. The Morgan fingerprint density at radius 2 is 2.00 bits per heavy atom. The minimum Gasteiger partial charge on any atom is -0.352 e. The van der Waals surface area contributed by atoms with E-state index in [-0.39, 0.29) is 11.9 Å². The third-order valence-corrected chi connectivity index (χ3v) is 6.15. The summed E-state index contributed by atoms with van der Waals surface area (Å²) < 4.78 is 35.2. The Morgan fingerprint density at radius 3 is 2.60 bits per heavy atom. The summed E-state index contributed by atoms with van der Waals surface area (Å²) in [6.45, 7) is 2.36. The summed E-state index contributed by atoms with van der Waals surface area (Å²) in [5.74, 6) is -0.199. The number of hydrogen-bond acceptors (Lipinski definition) is 6. The molecule has 5 rings (SSSR count). The molecular formula is C14H22N4O6S. The second-order valence-corrected chi connectivity index (χ2v) is 8.56. The second-order valence-electron chi connectivity index (χ2n) is 7.56. The lowest BCUT2D eigenvalue weighted by Gasteiger charge is -2.54. The maximum absolute atomic E-state index is 12.6. The Hall–Kier alpha value is -1.43. The smallest absolute Gasteiger partial charge is 0.352 e. The average Bonchev–Trinajstić information content (AvgIpc) is 2.72. The zero-order chi connectivity index (χ0) is 17.8. The molecule has 4 aliphatic heterocycles. The van der Waals surface area contributed by atoms with Crippen molar-refractivity contribution in [3.63, 3.8) is 0 Å². The molecule has 0 unspecified atom stereocenters. The lowest BCUT2D eigenvalue weighted by Crippen LogP contribution is -2.66. The quantitative estimate of drug-likeness (QED) is 0.552. The van der Waals surface area contributed by atoms with Crippen LogP contribution in [0.2, 0.25) is 0 Å². The molecular weight excluding hydrogens is 352 g/mol. The van der Waals surface area contributed by atoms with Gasteiger partial charge in [-0.25, -0.2) is 4.79 Å². The van der Waals surface area contributed by atoms with E-state index in [1.807, 2.05) is 0 Å². The van der Waals surface area contributed by atoms with Gasteiger partial charge in [-0.15, -0.1) is 4.28 Å². The van der Waals surface area contributed by atoms with Crippen LogP contribution in [0.15, 0.2) is 0 Å². The highest BCUT2D eigenvalue weighted by Crippen LogP contribution is 2.44. The minimum absolute atomic E-state index is 0.136. The molecule has 25 heavy (non-hydrogen) atoms. The zero-order valence-corrected chi connectivity index (χ0v) is 14.5. The van der Waals surface area contributed by atoms with E-state index in [1.165, 1.54) is 4.90 Å². The molecule has 4 heterocycles. The van der Waals surface area contributed by atoms with Crippen LogP contribution in [0, 0.1) is 5.41 Å². The first-order chi connectivity index (χ1) is 11.8. The van der Waals surface area contributed by atoms with Crippen molar-refractivity contribution in [2.45, 2.75) is 50.2 Å². The van der Waals surface area contributed by atoms with E-state index >= 15 is 0 Å². The molecule has 1 spiro atoms. The molecule has 0 aromatic carbocycles. The van der Waals surface area contributed by atoms with Gasteiger partial charge >= 0.3 is 16.4 Å². The van der Waals surface area contributed by atoms with Gasteiger partial charge in [0.1, 0.15) is 6.04 Å². The molecule has 3 N–H and O–H groups in total. The van der Waals surface area contributed by atoms with Crippen LogP contribution >= 0.6 is 0 Å². The van der Waals surface area contributed by atoms with E-state index in [9.17, 15) is 18.0 Å². The molecule has 2 bridgehead atoms. The van der Waals surface area contributed by atoms with Crippen LogP contribution in [0.25, 0.3) is 0 Å². The third-order valence-electron chi connectivity index (χ3n) is 5.80. The fourth-order valence-electron chi connectivity index (χ4n) is 4.46. The molecule has 5 aliphatic rings. The Balaban J connectivity index is 1.41. The minimum atomic E-state index is -4.78. The zero-order valence-electron chi connectivity index (χ0n) is 13.7. The maximum atomic E-state index is 12.6. The summed E-state index contributed by atoms with van der Waals surface area (Å²) >= 11 is 0. The van der Waals surface area contributed by atoms with Gasteiger partial charge in [-0.05, 0) is 37.5 Å². The normalized spacial score (nSPS) is 31.5. The maximum Gasteiger partial charge on any atom is 0.418 e. The number of rotatable bonds is 4. The topological polar surface area (TPSA) is 128 Å². The van der Waals surface area contributed by atoms with Gasteiger partial charge in [0.15, 0.2) is 0 Å². The van der Waals surface area contributed by atoms with Crippen molar-refractivity contribution in [2.24, 2.45) is 5.41 Å². The number of urea groups is 1. The standard InChI is InChI=1S/C14H22N4O6S/c19-12(16-9-5-14(6-9)7-15-8-14)11-2-1-10-3-4-17(11)13(20)18(10)24-25(21,22)23/h9-11,15H,1-8H2,(H,16,19)(H,21,22,23)/t10-,11+/m1/s1. The van der Waals surface area contributed by atoms with Crippen LogP contribution in [0.1, 0.15) is 32.1 Å². The van der Waals surface area contributed by atoms with Gasteiger partial charge in [-0.3, -0.25) is 9.35 Å². The lowest BCUT2D eigenvalue weighted by atomic mass is 9.61. The van der Waals surface area contributed by atoms with E-state index in [0.717, 1.165) is 25.9 Å². The van der Waals surface area contributed by atoms with Crippen molar-refractivity contribution in [3.05, 3.63) is 0 Å². The first kappa shape index (κ1) is 17.0. The highest BCUT2D eigenvalue weighted by Gasteiger charge is 2.50. The number of hydrogen-bond donors (Lipinski definition) is 3.